The lowest BCUT2D eigenvalue weighted by Gasteiger charge is -2.30. The van der Waals surface area contributed by atoms with Crippen LogP contribution in [0.4, 0.5) is 0 Å². The molecule has 2 aromatic carbocycles. The van der Waals surface area contributed by atoms with Gasteiger partial charge in [0.25, 0.3) is 5.91 Å². The van der Waals surface area contributed by atoms with Crippen LogP contribution >= 0.6 is 0 Å². The SMILES string of the molecule is COc1ccc(CN(C(=O)Cn2nnc3ccccc32)[C@H](C(=O)NCc2ccco2)c2ccco2)cc1. The molecule has 188 valence electrons. The van der Waals surface area contributed by atoms with Crippen LogP contribution in [0.3, 0.4) is 0 Å². The quantitative estimate of drug-likeness (QED) is 0.311. The molecular formula is C27H25N5O5. The summed E-state index contributed by atoms with van der Waals surface area (Å²) in [4.78, 5) is 28.8. The lowest BCUT2D eigenvalue weighted by atomic mass is 10.1. The predicted octanol–water partition coefficient (Wildman–Crippen LogP) is 3.71. The van der Waals surface area contributed by atoms with E-state index in [-0.39, 0.29) is 25.5 Å². The average molecular weight is 500 g/mol. The number of carbonyl (C=O) groups is 2. The zero-order valence-corrected chi connectivity index (χ0v) is 20.1. The van der Waals surface area contributed by atoms with E-state index in [9.17, 15) is 9.59 Å². The van der Waals surface area contributed by atoms with Crippen molar-refractivity contribution in [3.63, 3.8) is 0 Å². The summed E-state index contributed by atoms with van der Waals surface area (Å²) in [5.74, 6) is 0.878. The molecule has 1 N–H and O–H groups in total. The first-order valence-corrected chi connectivity index (χ1v) is 11.7. The fraction of sp³-hybridized carbons (Fsp3) is 0.185. The molecule has 5 aromatic rings. The Bertz CT molecular complexity index is 1460. The number of nitrogens with one attached hydrogen (secondary N) is 1. The van der Waals surface area contributed by atoms with E-state index in [0.717, 1.165) is 11.1 Å². The van der Waals surface area contributed by atoms with Crippen molar-refractivity contribution in [2.75, 3.05) is 7.11 Å². The first-order valence-electron chi connectivity index (χ1n) is 11.7. The summed E-state index contributed by atoms with van der Waals surface area (Å²) in [7, 11) is 1.59. The van der Waals surface area contributed by atoms with Crippen LogP contribution in [0.5, 0.6) is 5.75 Å². The molecule has 10 nitrogen and oxygen atoms in total. The van der Waals surface area contributed by atoms with Crippen molar-refractivity contribution >= 4 is 22.8 Å². The van der Waals surface area contributed by atoms with Crippen molar-refractivity contribution in [2.24, 2.45) is 0 Å². The van der Waals surface area contributed by atoms with E-state index in [1.165, 1.54) is 22.1 Å². The molecule has 2 amide bonds. The second-order valence-corrected chi connectivity index (χ2v) is 8.32. The van der Waals surface area contributed by atoms with Crippen LogP contribution in [0, 0.1) is 0 Å². The number of methoxy groups -OCH3 is 1. The molecular weight excluding hydrogens is 474 g/mol. The number of hydrogen-bond donors (Lipinski definition) is 1. The molecule has 3 aromatic heterocycles. The topological polar surface area (TPSA) is 116 Å². The number of amides is 2. The molecule has 0 unspecified atom stereocenters. The molecule has 0 aliphatic carbocycles. The zero-order valence-electron chi connectivity index (χ0n) is 20.1. The monoisotopic (exact) mass is 499 g/mol. The Morgan fingerprint density at radius 1 is 1.00 bits per heavy atom. The van der Waals surface area contributed by atoms with Crippen LogP contribution in [0.1, 0.15) is 23.1 Å². The predicted molar refractivity (Wildman–Crippen MR) is 133 cm³/mol. The Balaban J connectivity index is 1.47. The summed E-state index contributed by atoms with van der Waals surface area (Å²) in [6.45, 7) is 0.204. The number of benzene rings is 2. The van der Waals surface area contributed by atoms with E-state index >= 15 is 0 Å². The van der Waals surface area contributed by atoms with Gasteiger partial charge in [-0.3, -0.25) is 9.59 Å². The number of carbonyl (C=O) groups excluding carboxylic acids is 2. The van der Waals surface area contributed by atoms with Gasteiger partial charge >= 0.3 is 0 Å². The minimum atomic E-state index is -1.03. The molecule has 0 aliphatic rings. The van der Waals surface area contributed by atoms with Crippen LogP contribution < -0.4 is 10.1 Å². The largest absolute Gasteiger partial charge is 0.497 e. The van der Waals surface area contributed by atoms with E-state index < -0.39 is 11.9 Å². The highest BCUT2D eigenvalue weighted by molar-refractivity contribution is 5.88. The first kappa shape index (κ1) is 23.9. The smallest absolute Gasteiger partial charge is 0.251 e. The summed E-state index contributed by atoms with van der Waals surface area (Å²) in [5.41, 5.74) is 2.21. The van der Waals surface area contributed by atoms with Crippen LogP contribution in [-0.2, 0) is 29.2 Å². The third kappa shape index (κ3) is 5.37. The first-order chi connectivity index (χ1) is 18.1. The number of rotatable bonds is 10. The van der Waals surface area contributed by atoms with Gasteiger partial charge in [-0.15, -0.1) is 5.10 Å². The van der Waals surface area contributed by atoms with Crippen molar-refractivity contribution < 1.29 is 23.2 Å². The van der Waals surface area contributed by atoms with E-state index in [0.29, 0.717) is 22.8 Å². The molecule has 3 heterocycles. The number of aromatic nitrogens is 3. The second-order valence-electron chi connectivity index (χ2n) is 8.32. The van der Waals surface area contributed by atoms with Crippen LogP contribution in [0.25, 0.3) is 11.0 Å². The fourth-order valence-electron chi connectivity index (χ4n) is 4.06. The Morgan fingerprint density at radius 2 is 1.78 bits per heavy atom. The van der Waals surface area contributed by atoms with E-state index in [1.807, 2.05) is 48.5 Å². The maximum atomic E-state index is 13.8. The molecule has 10 heteroatoms. The van der Waals surface area contributed by atoms with Gasteiger partial charge in [0, 0.05) is 6.54 Å². The molecule has 37 heavy (non-hydrogen) atoms. The van der Waals surface area contributed by atoms with Gasteiger partial charge in [0.05, 0.1) is 31.7 Å². The summed E-state index contributed by atoms with van der Waals surface area (Å²) < 4.78 is 17.8. The van der Waals surface area contributed by atoms with Gasteiger partial charge in [0.1, 0.15) is 29.3 Å². The normalized spacial score (nSPS) is 11.8. The van der Waals surface area contributed by atoms with Crippen molar-refractivity contribution in [1.82, 2.24) is 25.2 Å². The van der Waals surface area contributed by atoms with Crippen molar-refractivity contribution in [2.45, 2.75) is 25.7 Å². The maximum absolute atomic E-state index is 13.8. The Hall–Kier alpha value is -4.86. The Kier molecular flexibility index (Phi) is 6.98. The van der Waals surface area contributed by atoms with Gasteiger partial charge in [0.2, 0.25) is 5.91 Å². The van der Waals surface area contributed by atoms with Crippen molar-refractivity contribution in [3.05, 3.63) is 102 Å². The molecule has 0 saturated carbocycles. The van der Waals surface area contributed by atoms with E-state index in [1.54, 1.807) is 31.4 Å². The average Bonchev–Trinajstić information content (AvgIpc) is 3.71. The highest BCUT2D eigenvalue weighted by Gasteiger charge is 2.34. The summed E-state index contributed by atoms with van der Waals surface area (Å²) in [5, 5.41) is 11.2. The minimum absolute atomic E-state index is 0.112. The molecule has 0 saturated heterocycles. The maximum Gasteiger partial charge on any atom is 0.251 e. The molecule has 0 bridgehead atoms. The van der Waals surface area contributed by atoms with Gasteiger partial charge < -0.3 is 23.8 Å². The lowest BCUT2D eigenvalue weighted by molar-refractivity contribution is -0.143. The highest BCUT2D eigenvalue weighted by atomic mass is 16.5. The standard InChI is InChI=1S/C27H25N5O5/c1-35-20-12-10-19(11-13-20)17-31(25(33)18-32-23-8-3-2-7-22(23)29-30-32)26(24-9-5-15-37-24)27(34)28-16-21-6-4-14-36-21/h2-15,26H,16-18H2,1H3,(H,28,34)/t26-/m0/s1. The van der Waals surface area contributed by atoms with Crippen molar-refractivity contribution in [1.29, 1.82) is 0 Å². The Morgan fingerprint density at radius 3 is 2.51 bits per heavy atom. The van der Waals surface area contributed by atoms with Gasteiger partial charge in [0.15, 0.2) is 6.04 Å². The molecule has 0 aliphatic heterocycles. The number of fused-ring (bicyclic) bond motifs is 1. The zero-order chi connectivity index (χ0) is 25.6. The third-order valence-electron chi connectivity index (χ3n) is 5.93. The second kappa shape index (κ2) is 10.8. The Labute approximate surface area is 212 Å². The number of para-hydroxylation sites is 1. The molecule has 1 atom stereocenters. The van der Waals surface area contributed by atoms with Gasteiger partial charge in [-0.25, -0.2) is 4.68 Å². The van der Waals surface area contributed by atoms with Crippen LogP contribution in [0.15, 0.2) is 94.2 Å². The van der Waals surface area contributed by atoms with Gasteiger partial charge in [-0.05, 0) is 54.1 Å². The number of nitrogens with zero attached hydrogens (tertiary/aromatic N) is 4. The van der Waals surface area contributed by atoms with Crippen LogP contribution in [-0.4, -0.2) is 38.8 Å². The number of hydrogen-bond acceptors (Lipinski definition) is 7. The van der Waals surface area contributed by atoms with Crippen molar-refractivity contribution in [3.8, 4) is 5.75 Å². The number of ether oxygens (including phenoxy) is 1. The molecule has 0 fully saturated rings. The molecule has 0 radical (unpaired) electrons. The van der Waals surface area contributed by atoms with E-state index in [4.69, 9.17) is 13.6 Å². The fourth-order valence-corrected chi connectivity index (χ4v) is 4.06. The lowest BCUT2D eigenvalue weighted by Crippen LogP contribution is -2.44. The molecule has 0 spiro atoms. The van der Waals surface area contributed by atoms with Crippen LogP contribution in [0.2, 0.25) is 0 Å². The third-order valence-corrected chi connectivity index (χ3v) is 5.93. The molecule has 5 rings (SSSR count). The van der Waals surface area contributed by atoms with Gasteiger partial charge in [-0.1, -0.05) is 29.5 Å². The van der Waals surface area contributed by atoms with E-state index in [2.05, 4.69) is 15.6 Å². The number of furan rings is 2. The minimum Gasteiger partial charge on any atom is -0.497 e. The van der Waals surface area contributed by atoms with Gasteiger partial charge in [-0.2, -0.15) is 0 Å². The highest BCUT2D eigenvalue weighted by Crippen LogP contribution is 2.26. The summed E-state index contributed by atoms with van der Waals surface area (Å²) in [6, 6.07) is 20.5. The summed E-state index contributed by atoms with van der Waals surface area (Å²) in [6.07, 6.45) is 3.01. The summed E-state index contributed by atoms with van der Waals surface area (Å²) >= 11 is 0.